The van der Waals surface area contributed by atoms with Gasteiger partial charge in [-0.3, -0.25) is 9.59 Å². The summed E-state index contributed by atoms with van der Waals surface area (Å²) in [5.41, 5.74) is 2.71. The van der Waals surface area contributed by atoms with Gasteiger partial charge < -0.3 is 19.4 Å². The number of aryl methyl sites for hydroxylation is 1. The van der Waals surface area contributed by atoms with Gasteiger partial charge in [0.15, 0.2) is 0 Å². The number of para-hydroxylation sites is 1. The Morgan fingerprint density at radius 2 is 1.65 bits per heavy atom. The van der Waals surface area contributed by atoms with Gasteiger partial charge in [0.2, 0.25) is 6.10 Å². The van der Waals surface area contributed by atoms with E-state index in [-0.39, 0.29) is 11.8 Å². The fourth-order valence-corrected chi connectivity index (χ4v) is 3.97. The molecule has 2 aliphatic rings. The van der Waals surface area contributed by atoms with Crippen LogP contribution in [0.2, 0.25) is 0 Å². The molecule has 7 heteroatoms. The summed E-state index contributed by atoms with van der Waals surface area (Å²) in [7, 11) is 1.56. The van der Waals surface area contributed by atoms with Gasteiger partial charge in [0.25, 0.3) is 11.8 Å². The van der Waals surface area contributed by atoms with Crippen molar-refractivity contribution in [1.29, 1.82) is 0 Å². The van der Waals surface area contributed by atoms with Crippen LogP contribution < -0.4 is 4.74 Å². The molecule has 0 spiro atoms. The van der Waals surface area contributed by atoms with Crippen molar-refractivity contribution in [2.24, 2.45) is 5.16 Å². The van der Waals surface area contributed by atoms with Gasteiger partial charge in [-0.1, -0.05) is 47.6 Å². The third-order valence-electron chi connectivity index (χ3n) is 5.77. The van der Waals surface area contributed by atoms with E-state index in [1.54, 1.807) is 29.0 Å². The highest BCUT2D eigenvalue weighted by Crippen LogP contribution is 2.21. The molecule has 2 heterocycles. The topological polar surface area (TPSA) is 71.4 Å². The Balaban J connectivity index is 1.26. The molecule has 2 aliphatic heterocycles. The van der Waals surface area contributed by atoms with E-state index >= 15 is 0 Å². The zero-order valence-corrected chi connectivity index (χ0v) is 17.7. The minimum absolute atomic E-state index is 0.0529. The molecular formula is C24H27N3O4. The quantitative estimate of drug-likeness (QED) is 0.719. The number of nitrogens with zero attached hydrogens (tertiary/aromatic N) is 3. The molecule has 7 nitrogen and oxygen atoms in total. The Hall–Kier alpha value is -3.35. The van der Waals surface area contributed by atoms with Crippen LogP contribution in [0.4, 0.5) is 0 Å². The van der Waals surface area contributed by atoms with Crippen molar-refractivity contribution in [2.45, 2.75) is 25.4 Å². The summed E-state index contributed by atoms with van der Waals surface area (Å²) < 4.78 is 5.30. The molecule has 0 aromatic heterocycles. The number of hydrogen-bond donors (Lipinski definition) is 0. The lowest BCUT2D eigenvalue weighted by Crippen LogP contribution is -2.53. The standard InChI is InChI=1S/C24H27N3O4/c1-30-21-10-6-5-9-20(21)23(28)26-13-15-27(16-14-26)24(29)22-17-19(25-31-22)12-11-18-7-3-2-4-8-18/h2-10,22H,11-17H2,1H3. The molecule has 0 saturated carbocycles. The Morgan fingerprint density at radius 3 is 2.39 bits per heavy atom. The molecule has 1 unspecified atom stereocenters. The van der Waals surface area contributed by atoms with Crippen molar-refractivity contribution in [2.75, 3.05) is 33.3 Å². The first-order chi connectivity index (χ1) is 15.2. The molecule has 0 radical (unpaired) electrons. The number of methoxy groups -OCH3 is 1. The van der Waals surface area contributed by atoms with Gasteiger partial charge >= 0.3 is 0 Å². The average Bonchev–Trinajstić information content (AvgIpc) is 3.31. The van der Waals surface area contributed by atoms with Crippen LogP contribution in [0, 0.1) is 0 Å². The van der Waals surface area contributed by atoms with Crippen LogP contribution in [0.1, 0.15) is 28.8 Å². The first kappa shape index (κ1) is 20.9. The average molecular weight is 421 g/mol. The van der Waals surface area contributed by atoms with Crippen LogP contribution in [-0.4, -0.2) is 66.7 Å². The second-order valence-corrected chi connectivity index (χ2v) is 7.76. The normalized spacial score (nSPS) is 18.4. The highest BCUT2D eigenvalue weighted by atomic mass is 16.6. The van der Waals surface area contributed by atoms with Gasteiger partial charge in [-0.15, -0.1) is 0 Å². The highest BCUT2D eigenvalue weighted by molar-refractivity contribution is 5.97. The van der Waals surface area contributed by atoms with Crippen LogP contribution >= 0.6 is 0 Å². The summed E-state index contributed by atoms with van der Waals surface area (Å²) in [4.78, 5) is 34.7. The van der Waals surface area contributed by atoms with Gasteiger partial charge in [-0.25, -0.2) is 0 Å². The zero-order chi connectivity index (χ0) is 21.6. The van der Waals surface area contributed by atoms with Gasteiger partial charge in [-0.05, 0) is 30.5 Å². The van der Waals surface area contributed by atoms with E-state index < -0.39 is 6.10 Å². The van der Waals surface area contributed by atoms with Crippen molar-refractivity contribution in [1.82, 2.24) is 9.80 Å². The Morgan fingerprint density at radius 1 is 0.968 bits per heavy atom. The number of rotatable bonds is 6. The molecule has 2 aromatic carbocycles. The summed E-state index contributed by atoms with van der Waals surface area (Å²) in [5, 5.41) is 4.14. The number of carbonyl (C=O) groups excluding carboxylic acids is 2. The molecule has 162 valence electrons. The lowest BCUT2D eigenvalue weighted by Gasteiger charge is -2.35. The zero-order valence-electron chi connectivity index (χ0n) is 17.7. The lowest BCUT2D eigenvalue weighted by atomic mass is 10.0. The van der Waals surface area contributed by atoms with E-state index in [1.807, 2.05) is 30.3 Å². The number of ether oxygens (including phenoxy) is 1. The fourth-order valence-electron chi connectivity index (χ4n) is 3.97. The number of hydrogen-bond acceptors (Lipinski definition) is 5. The third kappa shape index (κ3) is 4.87. The van der Waals surface area contributed by atoms with Crippen LogP contribution in [-0.2, 0) is 16.1 Å². The molecule has 0 aliphatic carbocycles. The summed E-state index contributed by atoms with van der Waals surface area (Å²) in [6.07, 6.45) is 1.65. The van der Waals surface area contributed by atoms with Gasteiger partial charge in [-0.2, -0.15) is 0 Å². The molecule has 0 bridgehead atoms. The van der Waals surface area contributed by atoms with Gasteiger partial charge in [0.05, 0.1) is 18.4 Å². The smallest absolute Gasteiger partial charge is 0.267 e. The second kappa shape index (κ2) is 9.64. The number of benzene rings is 2. The van der Waals surface area contributed by atoms with E-state index in [1.165, 1.54) is 5.56 Å². The predicted octanol–water partition coefficient (Wildman–Crippen LogP) is 2.76. The van der Waals surface area contributed by atoms with Crippen LogP contribution in [0.5, 0.6) is 5.75 Å². The van der Waals surface area contributed by atoms with Crippen LogP contribution in [0.15, 0.2) is 59.8 Å². The number of carbonyl (C=O) groups is 2. The van der Waals surface area contributed by atoms with E-state index in [9.17, 15) is 9.59 Å². The predicted molar refractivity (Wildman–Crippen MR) is 117 cm³/mol. The lowest BCUT2D eigenvalue weighted by molar-refractivity contribution is -0.143. The first-order valence-corrected chi connectivity index (χ1v) is 10.6. The minimum Gasteiger partial charge on any atom is -0.496 e. The Bertz CT molecular complexity index is 952. The minimum atomic E-state index is -0.553. The molecule has 4 rings (SSSR count). The summed E-state index contributed by atoms with van der Waals surface area (Å²) in [5.74, 6) is 0.432. The Labute approximate surface area is 182 Å². The Kier molecular flexibility index (Phi) is 6.50. The maximum absolute atomic E-state index is 12.9. The molecule has 1 fully saturated rings. The first-order valence-electron chi connectivity index (χ1n) is 10.6. The highest BCUT2D eigenvalue weighted by Gasteiger charge is 2.34. The molecule has 31 heavy (non-hydrogen) atoms. The van der Waals surface area contributed by atoms with Crippen LogP contribution in [0.3, 0.4) is 0 Å². The van der Waals surface area contributed by atoms with Gasteiger partial charge in [0.1, 0.15) is 5.75 Å². The molecule has 0 N–H and O–H groups in total. The largest absolute Gasteiger partial charge is 0.496 e. The molecular weight excluding hydrogens is 394 g/mol. The van der Waals surface area contributed by atoms with Crippen molar-refractivity contribution in [3.05, 3.63) is 65.7 Å². The maximum atomic E-state index is 12.9. The molecule has 2 aromatic rings. The number of amides is 2. The van der Waals surface area contributed by atoms with Crippen molar-refractivity contribution in [3.8, 4) is 5.75 Å². The van der Waals surface area contributed by atoms with Gasteiger partial charge in [0, 0.05) is 32.6 Å². The number of piperazine rings is 1. The third-order valence-corrected chi connectivity index (χ3v) is 5.77. The molecule has 1 atom stereocenters. The second-order valence-electron chi connectivity index (χ2n) is 7.76. The van der Waals surface area contributed by atoms with Crippen molar-refractivity contribution >= 4 is 17.5 Å². The van der Waals surface area contributed by atoms with Crippen molar-refractivity contribution < 1.29 is 19.2 Å². The summed E-state index contributed by atoms with van der Waals surface area (Å²) >= 11 is 0. The van der Waals surface area contributed by atoms with E-state index in [2.05, 4.69) is 17.3 Å². The molecule has 2 amide bonds. The number of oxime groups is 1. The van der Waals surface area contributed by atoms with Crippen molar-refractivity contribution in [3.63, 3.8) is 0 Å². The maximum Gasteiger partial charge on any atom is 0.267 e. The van der Waals surface area contributed by atoms with E-state index in [0.29, 0.717) is 43.9 Å². The van der Waals surface area contributed by atoms with E-state index in [0.717, 1.165) is 18.6 Å². The van der Waals surface area contributed by atoms with Crippen LogP contribution in [0.25, 0.3) is 0 Å². The summed E-state index contributed by atoms with van der Waals surface area (Å²) in [6.45, 7) is 1.94. The fraction of sp³-hybridized carbons (Fsp3) is 0.375. The monoisotopic (exact) mass is 421 g/mol. The summed E-state index contributed by atoms with van der Waals surface area (Å²) in [6, 6.07) is 17.4. The van der Waals surface area contributed by atoms with E-state index in [4.69, 9.17) is 9.57 Å². The SMILES string of the molecule is COc1ccccc1C(=O)N1CCN(C(=O)C2CC(CCc3ccccc3)=NO2)CC1. The molecule has 1 saturated heterocycles.